The van der Waals surface area contributed by atoms with Crippen molar-refractivity contribution in [1.29, 1.82) is 0 Å². The van der Waals surface area contributed by atoms with Crippen molar-refractivity contribution in [3.63, 3.8) is 0 Å². The van der Waals surface area contributed by atoms with Crippen LogP contribution in [0, 0.1) is 0 Å². The number of likely N-dealkylation sites (tertiary alicyclic amines) is 1. The molecule has 1 N–H and O–H groups in total. The van der Waals surface area contributed by atoms with Crippen molar-refractivity contribution >= 4 is 5.91 Å². The molecule has 21 heavy (non-hydrogen) atoms. The van der Waals surface area contributed by atoms with Gasteiger partial charge in [0, 0.05) is 30.4 Å². The van der Waals surface area contributed by atoms with Gasteiger partial charge in [-0.05, 0) is 52.2 Å². The molecule has 4 heteroatoms. The van der Waals surface area contributed by atoms with E-state index in [1.807, 2.05) is 19.1 Å². The summed E-state index contributed by atoms with van der Waals surface area (Å²) in [6.45, 7) is 10.7. The molecule has 0 unspecified atom stereocenters. The first-order valence-electron chi connectivity index (χ1n) is 7.96. The Kier molecular flexibility index (Phi) is 4.99. The summed E-state index contributed by atoms with van der Waals surface area (Å²) in [5, 5.41) is 3.19. The van der Waals surface area contributed by atoms with Crippen molar-refractivity contribution in [2.75, 3.05) is 13.1 Å². The highest BCUT2D eigenvalue weighted by Crippen LogP contribution is 2.23. The number of piperidine rings is 1. The van der Waals surface area contributed by atoms with Crippen LogP contribution in [0.2, 0.25) is 0 Å². The molecule has 0 bridgehead atoms. The van der Waals surface area contributed by atoms with Crippen LogP contribution in [-0.2, 0) is 6.42 Å². The monoisotopic (exact) mass is 289 g/mol. The lowest BCUT2D eigenvalue weighted by Gasteiger charge is -2.41. The highest BCUT2D eigenvalue weighted by atomic mass is 16.2. The van der Waals surface area contributed by atoms with E-state index < -0.39 is 0 Å². The summed E-state index contributed by atoms with van der Waals surface area (Å²) < 4.78 is 0. The molecular formula is C17H27N3O. The van der Waals surface area contributed by atoms with E-state index in [0.29, 0.717) is 11.7 Å². The van der Waals surface area contributed by atoms with Crippen molar-refractivity contribution in [3.8, 4) is 0 Å². The van der Waals surface area contributed by atoms with E-state index in [2.05, 4.69) is 36.0 Å². The molecule has 1 aromatic rings. The first-order valence-corrected chi connectivity index (χ1v) is 7.96. The van der Waals surface area contributed by atoms with Crippen molar-refractivity contribution in [2.24, 2.45) is 0 Å². The Morgan fingerprint density at radius 2 is 2.05 bits per heavy atom. The van der Waals surface area contributed by atoms with Crippen LogP contribution < -0.4 is 5.32 Å². The highest BCUT2D eigenvalue weighted by Gasteiger charge is 2.32. The highest BCUT2D eigenvalue weighted by molar-refractivity contribution is 5.92. The number of rotatable bonds is 4. The van der Waals surface area contributed by atoms with E-state index >= 15 is 0 Å². The molecule has 4 nitrogen and oxygen atoms in total. The number of nitrogens with one attached hydrogen (secondary N) is 1. The van der Waals surface area contributed by atoms with Gasteiger partial charge < -0.3 is 10.2 Å². The Morgan fingerprint density at radius 3 is 2.62 bits per heavy atom. The minimum atomic E-state index is -0.119. The van der Waals surface area contributed by atoms with Crippen LogP contribution in [-0.4, -0.2) is 40.5 Å². The molecule has 2 rings (SSSR count). The number of aromatic nitrogens is 1. The Morgan fingerprint density at radius 1 is 1.38 bits per heavy atom. The summed E-state index contributed by atoms with van der Waals surface area (Å²) in [7, 11) is 0. The van der Waals surface area contributed by atoms with Gasteiger partial charge in [0.2, 0.25) is 0 Å². The quantitative estimate of drug-likeness (QED) is 0.927. The van der Waals surface area contributed by atoms with Crippen LogP contribution in [0.3, 0.4) is 0 Å². The van der Waals surface area contributed by atoms with Crippen molar-refractivity contribution in [1.82, 2.24) is 15.2 Å². The molecule has 0 saturated carbocycles. The summed E-state index contributed by atoms with van der Waals surface area (Å²) >= 11 is 0. The molecule has 1 aliphatic heterocycles. The number of hydrogen-bond acceptors (Lipinski definition) is 3. The van der Waals surface area contributed by atoms with Gasteiger partial charge in [-0.3, -0.25) is 4.79 Å². The number of pyridine rings is 1. The summed E-state index contributed by atoms with van der Waals surface area (Å²) in [4.78, 5) is 19.3. The SMILES string of the molecule is CCc1cccc(C(=O)NC2(C)CCN(C(C)C)CC2)n1. The minimum absolute atomic E-state index is 0.0502. The van der Waals surface area contributed by atoms with E-state index in [4.69, 9.17) is 0 Å². The lowest BCUT2D eigenvalue weighted by Crippen LogP contribution is -2.54. The zero-order chi connectivity index (χ0) is 15.5. The fourth-order valence-corrected chi connectivity index (χ4v) is 2.80. The maximum Gasteiger partial charge on any atom is 0.270 e. The Bertz CT molecular complexity index is 491. The smallest absolute Gasteiger partial charge is 0.270 e. The van der Waals surface area contributed by atoms with Crippen LogP contribution in [0.5, 0.6) is 0 Å². The van der Waals surface area contributed by atoms with Gasteiger partial charge in [0.1, 0.15) is 5.69 Å². The van der Waals surface area contributed by atoms with Gasteiger partial charge in [0.05, 0.1) is 0 Å². The first kappa shape index (κ1) is 16.0. The Hall–Kier alpha value is -1.42. The normalized spacial score (nSPS) is 18.7. The molecule has 2 heterocycles. The van der Waals surface area contributed by atoms with E-state index in [1.54, 1.807) is 6.07 Å². The Balaban J connectivity index is 1.99. The molecule has 0 aromatic carbocycles. The zero-order valence-corrected chi connectivity index (χ0v) is 13.6. The molecule has 1 aliphatic rings. The molecule has 1 fully saturated rings. The van der Waals surface area contributed by atoms with Crippen LogP contribution in [0.15, 0.2) is 18.2 Å². The standard InChI is InChI=1S/C17H27N3O/c1-5-14-7-6-8-15(18-14)16(21)19-17(4)9-11-20(12-10-17)13(2)3/h6-8,13H,5,9-12H2,1-4H3,(H,19,21). The summed E-state index contributed by atoms with van der Waals surface area (Å²) in [5.74, 6) is -0.0502. The third-order valence-electron chi connectivity index (χ3n) is 4.45. The van der Waals surface area contributed by atoms with Gasteiger partial charge in [0.15, 0.2) is 0 Å². The van der Waals surface area contributed by atoms with E-state index in [-0.39, 0.29) is 11.4 Å². The molecule has 116 valence electrons. The number of carbonyl (C=O) groups excluding carboxylic acids is 1. The van der Waals surface area contributed by atoms with Gasteiger partial charge in [0.25, 0.3) is 5.91 Å². The van der Waals surface area contributed by atoms with Crippen molar-refractivity contribution in [3.05, 3.63) is 29.6 Å². The third kappa shape index (κ3) is 4.03. The molecular weight excluding hydrogens is 262 g/mol. The van der Waals surface area contributed by atoms with Gasteiger partial charge in [-0.1, -0.05) is 13.0 Å². The molecule has 0 spiro atoms. The maximum atomic E-state index is 12.4. The van der Waals surface area contributed by atoms with E-state index in [9.17, 15) is 4.79 Å². The fraction of sp³-hybridized carbons (Fsp3) is 0.647. The number of amides is 1. The zero-order valence-electron chi connectivity index (χ0n) is 13.6. The van der Waals surface area contributed by atoms with Crippen LogP contribution >= 0.6 is 0 Å². The molecule has 1 saturated heterocycles. The molecule has 0 aliphatic carbocycles. The minimum Gasteiger partial charge on any atom is -0.345 e. The van der Waals surface area contributed by atoms with Gasteiger partial charge in [-0.15, -0.1) is 0 Å². The molecule has 0 atom stereocenters. The summed E-state index contributed by atoms with van der Waals surface area (Å²) in [6.07, 6.45) is 2.83. The fourth-order valence-electron chi connectivity index (χ4n) is 2.80. The molecule has 1 aromatic heterocycles. The van der Waals surface area contributed by atoms with Crippen LogP contribution in [0.25, 0.3) is 0 Å². The number of nitrogens with zero attached hydrogens (tertiary/aromatic N) is 2. The predicted octanol–water partition coefficient (Wildman–Crippen LogP) is 2.64. The van der Waals surface area contributed by atoms with E-state index in [0.717, 1.165) is 38.0 Å². The molecule has 1 amide bonds. The first-order chi connectivity index (χ1) is 9.93. The average molecular weight is 289 g/mol. The molecule has 0 radical (unpaired) electrons. The summed E-state index contributed by atoms with van der Waals surface area (Å²) in [6, 6.07) is 6.23. The second kappa shape index (κ2) is 6.56. The number of hydrogen-bond donors (Lipinski definition) is 1. The van der Waals surface area contributed by atoms with Crippen molar-refractivity contribution < 1.29 is 4.79 Å². The van der Waals surface area contributed by atoms with Crippen LogP contribution in [0.4, 0.5) is 0 Å². The average Bonchev–Trinajstić information content (AvgIpc) is 2.47. The largest absolute Gasteiger partial charge is 0.345 e. The summed E-state index contributed by atoms with van der Waals surface area (Å²) in [5.41, 5.74) is 1.37. The number of aryl methyl sites for hydroxylation is 1. The topological polar surface area (TPSA) is 45.2 Å². The van der Waals surface area contributed by atoms with E-state index in [1.165, 1.54) is 0 Å². The second-order valence-electron chi connectivity index (χ2n) is 6.51. The lowest BCUT2D eigenvalue weighted by atomic mass is 9.89. The van der Waals surface area contributed by atoms with Crippen LogP contribution in [0.1, 0.15) is 56.7 Å². The van der Waals surface area contributed by atoms with Gasteiger partial charge in [-0.2, -0.15) is 0 Å². The maximum absolute atomic E-state index is 12.4. The predicted molar refractivity (Wildman–Crippen MR) is 85.4 cm³/mol. The van der Waals surface area contributed by atoms with Gasteiger partial charge in [-0.25, -0.2) is 4.98 Å². The second-order valence-corrected chi connectivity index (χ2v) is 6.51. The Labute approximate surface area is 127 Å². The van der Waals surface area contributed by atoms with Gasteiger partial charge >= 0.3 is 0 Å². The lowest BCUT2D eigenvalue weighted by molar-refractivity contribution is 0.0797. The third-order valence-corrected chi connectivity index (χ3v) is 4.45. The van der Waals surface area contributed by atoms with Crippen molar-refractivity contribution in [2.45, 2.75) is 58.5 Å². The number of carbonyl (C=O) groups is 1.